The van der Waals surface area contributed by atoms with Gasteiger partial charge >= 0.3 is 75.5 Å². The Morgan fingerprint density at radius 1 is 0.400 bits per heavy atom. The normalized spacial score (nSPS) is 0. The predicted octanol–water partition coefficient (Wildman–Crippen LogP) is -1.37. The first-order valence-electron chi connectivity index (χ1n) is 0. The standard InChI is InChI=1S/2Ca.3FH.4H/h;;3*1H;;;;. The van der Waals surface area contributed by atoms with Crippen LogP contribution >= 0.6 is 0 Å². The minimum absolute atomic E-state index is 0. The van der Waals surface area contributed by atoms with Gasteiger partial charge < -0.3 is 0 Å². The van der Waals surface area contributed by atoms with E-state index in [1.807, 2.05) is 0 Å². The molecule has 0 aromatic rings. The Bertz CT molecular complexity index is 4.85. The molecule has 0 aliphatic heterocycles. The van der Waals surface area contributed by atoms with Crippen molar-refractivity contribution in [2.24, 2.45) is 0 Å². The van der Waals surface area contributed by atoms with Crippen LogP contribution in [0.2, 0.25) is 0 Å². The molecular weight excluding hydrogens is 137 g/mol. The van der Waals surface area contributed by atoms with Gasteiger partial charge in [-0.1, -0.05) is 0 Å². The Hall–Kier alpha value is 2.31. The first-order valence-corrected chi connectivity index (χ1v) is 0. The Kier molecular flexibility index (Phi) is 364. The van der Waals surface area contributed by atoms with Crippen LogP contribution in [0.5, 0.6) is 0 Å². The summed E-state index contributed by atoms with van der Waals surface area (Å²) in [5, 5.41) is 0. The van der Waals surface area contributed by atoms with Crippen molar-refractivity contribution in [3.8, 4) is 0 Å². The molecule has 0 amide bonds. The zero-order chi connectivity index (χ0) is 0. The summed E-state index contributed by atoms with van der Waals surface area (Å²) >= 11 is 0. The average molecular weight is 144 g/mol. The third-order valence-corrected chi connectivity index (χ3v) is 0. The van der Waals surface area contributed by atoms with Crippen molar-refractivity contribution in [2.75, 3.05) is 0 Å². The van der Waals surface area contributed by atoms with Gasteiger partial charge in [-0.3, -0.25) is 14.1 Å². The molecule has 0 aromatic heterocycles. The molecule has 5 heavy (non-hydrogen) atoms. The maximum atomic E-state index is 0. The van der Waals surface area contributed by atoms with E-state index < -0.39 is 0 Å². The Morgan fingerprint density at radius 2 is 0.400 bits per heavy atom. The summed E-state index contributed by atoms with van der Waals surface area (Å²) < 4.78 is 0. The molecule has 0 aliphatic rings. The monoisotopic (exact) mass is 144 g/mol. The Balaban J connectivity index is 0. The van der Waals surface area contributed by atoms with Crippen LogP contribution in [0.15, 0.2) is 0 Å². The fraction of sp³-hybridized carbons (Fsp3) is 0. The molecule has 0 rings (SSSR count). The van der Waals surface area contributed by atoms with E-state index in [1.165, 1.54) is 0 Å². The summed E-state index contributed by atoms with van der Waals surface area (Å²) in [6, 6.07) is 0. The molecule has 0 fully saturated rings. The van der Waals surface area contributed by atoms with Crippen molar-refractivity contribution in [3.63, 3.8) is 0 Å². The summed E-state index contributed by atoms with van der Waals surface area (Å²) in [5.41, 5.74) is 0. The second kappa shape index (κ2) is 33.3. The van der Waals surface area contributed by atoms with E-state index in [9.17, 15) is 0 Å². The molecule has 5 heteroatoms. The molecule has 0 spiro atoms. The molecule has 0 unspecified atom stereocenters. The number of halogens is 3. The third kappa shape index (κ3) is 22.0. The molecule has 0 N–H and O–H groups in total. The van der Waals surface area contributed by atoms with E-state index in [0.29, 0.717) is 0 Å². The number of rotatable bonds is 0. The van der Waals surface area contributed by atoms with E-state index in [0.717, 1.165) is 0 Å². The van der Waals surface area contributed by atoms with Gasteiger partial charge in [-0.15, -0.1) is 0 Å². The molecule has 0 bridgehead atoms. The molecule has 0 saturated carbocycles. The van der Waals surface area contributed by atoms with Crippen LogP contribution in [-0.4, -0.2) is 75.5 Å². The van der Waals surface area contributed by atoms with Crippen LogP contribution in [0.25, 0.3) is 0 Å². The Morgan fingerprint density at radius 3 is 0.400 bits per heavy atom. The Labute approximate surface area is 87.8 Å². The van der Waals surface area contributed by atoms with Gasteiger partial charge in [0.1, 0.15) is 0 Å². The van der Waals surface area contributed by atoms with Crippen LogP contribution in [0.1, 0.15) is 0 Å². The van der Waals surface area contributed by atoms with Crippen LogP contribution in [-0.2, 0) is 0 Å². The van der Waals surface area contributed by atoms with Gasteiger partial charge in [0.2, 0.25) is 0 Å². The summed E-state index contributed by atoms with van der Waals surface area (Å²) in [4.78, 5) is 0. The molecule has 0 heterocycles. The van der Waals surface area contributed by atoms with Crippen molar-refractivity contribution in [2.45, 2.75) is 0 Å². The van der Waals surface area contributed by atoms with Crippen molar-refractivity contribution in [1.82, 2.24) is 0 Å². The van der Waals surface area contributed by atoms with Crippen LogP contribution < -0.4 is 0 Å². The second-order valence-corrected chi connectivity index (χ2v) is 0. The average Bonchev–Trinajstić information content (AvgIpc) is 0. The number of hydrogen-bond acceptors (Lipinski definition) is 0. The SMILES string of the molecule is F.F.F.[CaH2].[CaH2]. The quantitative estimate of drug-likeness (QED) is 0.368. The van der Waals surface area contributed by atoms with Crippen LogP contribution in [0.4, 0.5) is 14.1 Å². The van der Waals surface area contributed by atoms with E-state index in [1.54, 1.807) is 0 Å². The summed E-state index contributed by atoms with van der Waals surface area (Å²) in [5.74, 6) is 0. The third-order valence-electron chi connectivity index (χ3n) is 0. The van der Waals surface area contributed by atoms with Gasteiger partial charge in [-0.05, 0) is 0 Å². The first kappa shape index (κ1) is 54.6. The second-order valence-electron chi connectivity index (χ2n) is 0. The van der Waals surface area contributed by atoms with Crippen LogP contribution in [0, 0.1) is 0 Å². The number of hydrogen-bond donors (Lipinski definition) is 0. The zero-order valence-electron chi connectivity index (χ0n) is 1.22. The predicted molar refractivity (Wildman–Crippen MR) is 24.6 cm³/mol. The molecule has 0 aromatic carbocycles. The molecule has 0 aliphatic carbocycles. The van der Waals surface area contributed by atoms with Crippen molar-refractivity contribution >= 4 is 75.5 Å². The summed E-state index contributed by atoms with van der Waals surface area (Å²) in [7, 11) is 0. The van der Waals surface area contributed by atoms with Gasteiger partial charge in [0.25, 0.3) is 0 Å². The topological polar surface area (TPSA) is 0 Å². The van der Waals surface area contributed by atoms with E-state index >= 15 is 0 Å². The van der Waals surface area contributed by atoms with E-state index in [2.05, 4.69) is 0 Å². The fourth-order valence-corrected chi connectivity index (χ4v) is 0. The fourth-order valence-electron chi connectivity index (χ4n) is 0. The van der Waals surface area contributed by atoms with Gasteiger partial charge in [0.05, 0.1) is 0 Å². The zero-order valence-corrected chi connectivity index (χ0v) is 1.22. The molecule has 0 saturated heterocycles. The molecule has 0 nitrogen and oxygen atoms in total. The maximum absolute atomic E-state index is 0. The molecule has 32 valence electrons. The van der Waals surface area contributed by atoms with Gasteiger partial charge in [0.15, 0.2) is 0 Å². The van der Waals surface area contributed by atoms with Crippen LogP contribution in [0.3, 0.4) is 0 Å². The van der Waals surface area contributed by atoms with Gasteiger partial charge in [0, 0.05) is 0 Å². The van der Waals surface area contributed by atoms with Crippen molar-refractivity contribution in [3.05, 3.63) is 0 Å². The first-order chi connectivity index (χ1) is 0. The van der Waals surface area contributed by atoms with Gasteiger partial charge in [-0.2, -0.15) is 0 Å². The van der Waals surface area contributed by atoms with E-state index in [-0.39, 0.29) is 89.6 Å². The molecule has 0 atom stereocenters. The summed E-state index contributed by atoms with van der Waals surface area (Å²) in [6.45, 7) is 0. The van der Waals surface area contributed by atoms with Crippen molar-refractivity contribution < 1.29 is 14.1 Å². The van der Waals surface area contributed by atoms with Crippen molar-refractivity contribution in [1.29, 1.82) is 0 Å². The van der Waals surface area contributed by atoms with E-state index in [4.69, 9.17) is 0 Å². The summed E-state index contributed by atoms with van der Waals surface area (Å²) in [6.07, 6.45) is 0. The van der Waals surface area contributed by atoms with Gasteiger partial charge in [-0.25, -0.2) is 0 Å². The molecular formula is H7Ca2F3. The molecule has 0 radical (unpaired) electrons. The minimum atomic E-state index is 0.